The summed E-state index contributed by atoms with van der Waals surface area (Å²) in [5.74, 6) is -1.18. The maximum atomic E-state index is 12.3. The molecular weight excluding hydrogens is 428 g/mol. The Morgan fingerprint density at radius 3 is 2.13 bits per heavy atom. The molecule has 1 unspecified atom stereocenters. The first-order chi connectivity index (χ1) is 13.9. The molecule has 0 saturated carbocycles. The van der Waals surface area contributed by atoms with Gasteiger partial charge in [-0.3, -0.25) is 4.79 Å². The van der Waals surface area contributed by atoms with Gasteiger partial charge in [0.15, 0.2) is 6.10 Å². The molecule has 0 radical (unpaired) electrons. The summed E-state index contributed by atoms with van der Waals surface area (Å²) >= 11 is 5.82. The number of amides is 1. The molecular formula is C21H25ClN2O5S. The van der Waals surface area contributed by atoms with Gasteiger partial charge < -0.3 is 10.1 Å². The van der Waals surface area contributed by atoms with Crippen molar-refractivity contribution in [3.63, 3.8) is 0 Å². The topological polar surface area (TPSA) is 102 Å². The van der Waals surface area contributed by atoms with Crippen molar-refractivity contribution >= 4 is 33.5 Å². The monoisotopic (exact) mass is 452 g/mol. The molecule has 162 valence electrons. The molecule has 9 heteroatoms. The van der Waals surface area contributed by atoms with Crippen LogP contribution in [0.5, 0.6) is 0 Å². The van der Waals surface area contributed by atoms with Crippen LogP contribution in [0.2, 0.25) is 5.02 Å². The zero-order valence-electron chi connectivity index (χ0n) is 17.2. The minimum absolute atomic E-state index is 0.0303. The second-order valence-electron chi connectivity index (χ2n) is 7.77. The van der Waals surface area contributed by atoms with Crippen molar-refractivity contribution in [3.8, 4) is 0 Å². The fourth-order valence-corrected chi connectivity index (χ4v) is 3.99. The number of carbonyl (C=O) groups excluding carboxylic acids is 2. The number of ether oxygens (including phenoxy) is 1. The van der Waals surface area contributed by atoms with Gasteiger partial charge in [0, 0.05) is 17.1 Å². The minimum atomic E-state index is -3.71. The number of esters is 1. The number of nitrogens with one attached hydrogen (secondary N) is 2. The molecule has 0 bridgehead atoms. The van der Waals surface area contributed by atoms with E-state index >= 15 is 0 Å². The third-order valence-corrected chi connectivity index (χ3v) is 5.90. The Kier molecular flexibility index (Phi) is 7.63. The van der Waals surface area contributed by atoms with Crippen LogP contribution in [-0.4, -0.2) is 31.9 Å². The van der Waals surface area contributed by atoms with E-state index in [2.05, 4.69) is 10.0 Å². The van der Waals surface area contributed by atoms with Crippen LogP contribution in [0.1, 0.15) is 43.6 Å². The smallest absolute Gasteiger partial charge is 0.338 e. The summed E-state index contributed by atoms with van der Waals surface area (Å²) in [6.07, 6.45) is -1.02. The van der Waals surface area contributed by atoms with Crippen molar-refractivity contribution < 1.29 is 22.7 Å². The molecule has 2 N–H and O–H groups in total. The first-order valence-electron chi connectivity index (χ1n) is 9.24. The predicted molar refractivity (Wildman–Crippen MR) is 115 cm³/mol. The fourth-order valence-electron chi connectivity index (χ4n) is 2.45. The number of sulfonamides is 1. The molecule has 1 amide bonds. The van der Waals surface area contributed by atoms with Crippen LogP contribution in [0.15, 0.2) is 53.4 Å². The Balaban J connectivity index is 1.94. The van der Waals surface area contributed by atoms with Crippen LogP contribution in [0.3, 0.4) is 0 Å². The number of halogens is 1. The number of carbonyl (C=O) groups is 2. The average Bonchev–Trinajstić information content (AvgIpc) is 2.65. The third-order valence-electron chi connectivity index (χ3n) is 3.87. The number of hydrogen-bond acceptors (Lipinski definition) is 5. The van der Waals surface area contributed by atoms with Gasteiger partial charge in [-0.1, -0.05) is 23.7 Å². The molecule has 0 aliphatic carbocycles. The highest BCUT2D eigenvalue weighted by Crippen LogP contribution is 2.15. The minimum Gasteiger partial charge on any atom is -0.449 e. The van der Waals surface area contributed by atoms with E-state index in [9.17, 15) is 18.0 Å². The molecule has 0 heterocycles. The second-order valence-corrected chi connectivity index (χ2v) is 9.89. The van der Waals surface area contributed by atoms with E-state index < -0.39 is 33.5 Å². The lowest BCUT2D eigenvalue weighted by Crippen LogP contribution is -2.40. The summed E-state index contributed by atoms with van der Waals surface area (Å²) < 4.78 is 32.3. The van der Waals surface area contributed by atoms with Crippen molar-refractivity contribution in [1.82, 2.24) is 10.0 Å². The molecule has 7 nitrogen and oxygen atoms in total. The molecule has 0 saturated heterocycles. The Morgan fingerprint density at radius 2 is 1.60 bits per heavy atom. The van der Waals surface area contributed by atoms with E-state index in [1.165, 1.54) is 31.2 Å². The van der Waals surface area contributed by atoms with Crippen LogP contribution in [-0.2, 0) is 26.1 Å². The number of benzene rings is 2. The van der Waals surface area contributed by atoms with Crippen molar-refractivity contribution in [2.45, 2.75) is 50.8 Å². The van der Waals surface area contributed by atoms with Crippen LogP contribution in [0.25, 0.3) is 0 Å². The maximum absolute atomic E-state index is 12.3. The number of rotatable bonds is 7. The van der Waals surface area contributed by atoms with Crippen molar-refractivity contribution in [3.05, 3.63) is 64.7 Å². The van der Waals surface area contributed by atoms with E-state index in [1.54, 1.807) is 45.0 Å². The summed E-state index contributed by atoms with van der Waals surface area (Å²) in [6.45, 7) is 6.92. The first kappa shape index (κ1) is 23.9. The molecule has 30 heavy (non-hydrogen) atoms. The lowest BCUT2D eigenvalue weighted by atomic mass is 10.1. The van der Waals surface area contributed by atoms with Crippen LogP contribution >= 0.6 is 11.6 Å². The Bertz CT molecular complexity index is 997. The fraction of sp³-hybridized carbons (Fsp3) is 0.333. The molecule has 1 atom stereocenters. The van der Waals surface area contributed by atoms with Gasteiger partial charge in [-0.25, -0.2) is 17.9 Å². The summed E-state index contributed by atoms with van der Waals surface area (Å²) in [6, 6.07) is 12.3. The van der Waals surface area contributed by atoms with Crippen molar-refractivity contribution in [2.75, 3.05) is 0 Å². The van der Waals surface area contributed by atoms with Gasteiger partial charge in [-0.2, -0.15) is 0 Å². The highest BCUT2D eigenvalue weighted by Gasteiger charge is 2.23. The van der Waals surface area contributed by atoms with Gasteiger partial charge in [-0.05, 0) is 69.7 Å². The molecule has 0 aliphatic rings. The van der Waals surface area contributed by atoms with Crippen LogP contribution in [0, 0.1) is 0 Å². The molecule has 2 aromatic carbocycles. The van der Waals surface area contributed by atoms with E-state index in [0.29, 0.717) is 5.02 Å². The first-order valence-corrected chi connectivity index (χ1v) is 11.1. The SMILES string of the molecule is CC(OC(=O)c1ccc(S(=O)(=O)NC(C)(C)C)cc1)C(=O)NCc1ccc(Cl)cc1. The van der Waals surface area contributed by atoms with E-state index in [0.717, 1.165) is 5.56 Å². The quantitative estimate of drug-likeness (QED) is 0.628. The lowest BCUT2D eigenvalue weighted by Gasteiger charge is -2.20. The maximum Gasteiger partial charge on any atom is 0.338 e. The average molecular weight is 453 g/mol. The summed E-state index contributed by atoms with van der Waals surface area (Å²) in [5.41, 5.74) is 0.361. The predicted octanol–water partition coefficient (Wildman–Crippen LogP) is 3.28. The van der Waals surface area contributed by atoms with Crippen molar-refractivity contribution in [2.24, 2.45) is 0 Å². The molecule has 0 fully saturated rings. The van der Waals surface area contributed by atoms with E-state index in [1.807, 2.05) is 0 Å². The standard InChI is InChI=1S/C21H25ClN2O5S/c1-14(19(25)23-13-15-5-9-17(22)10-6-15)29-20(26)16-7-11-18(12-8-16)30(27,28)24-21(2,3)4/h5-12,14,24H,13H2,1-4H3,(H,23,25). The normalized spacial score (nSPS) is 12.8. The second kappa shape index (κ2) is 9.59. The highest BCUT2D eigenvalue weighted by atomic mass is 35.5. The largest absolute Gasteiger partial charge is 0.449 e. The van der Waals surface area contributed by atoms with Gasteiger partial charge in [0.1, 0.15) is 0 Å². The van der Waals surface area contributed by atoms with Gasteiger partial charge in [0.2, 0.25) is 10.0 Å². The lowest BCUT2D eigenvalue weighted by molar-refractivity contribution is -0.129. The Labute approximate surface area is 181 Å². The summed E-state index contributed by atoms with van der Waals surface area (Å²) in [4.78, 5) is 24.5. The third kappa shape index (κ3) is 7.12. The highest BCUT2D eigenvalue weighted by molar-refractivity contribution is 7.89. The van der Waals surface area contributed by atoms with Gasteiger partial charge in [0.25, 0.3) is 5.91 Å². The van der Waals surface area contributed by atoms with Gasteiger partial charge in [-0.15, -0.1) is 0 Å². The molecule has 0 aliphatic heterocycles. The zero-order valence-corrected chi connectivity index (χ0v) is 18.8. The van der Waals surface area contributed by atoms with Gasteiger partial charge in [0.05, 0.1) is 10.5 Å². The zero-order chi connectivity index (χ0) is 22.5. The van der Waals surface area contributed by atoms with Gasteiger partial charge >= 0.3 is 5.97 Å². The summed E-state index contributed by atoms with van der Waals surface area (Å²) in [5, 5.41) is 3.28. The van der Waals surface area contributed by atoms with E-state index in [-0.39, 0.29) is 17.0 Å². The van der Waals surface area contributed by atoms with Crippen LogP contribution < -0.4 is 10.0 Å². The summed E-state index contributed by atoms with van der Waals surface area (Å²) in [7, 11) is -3.71. The molecule has 0 aromatic heterocycles. The molecule has 2 rings (SSSR count). The Morgan fingerprint density at radius 1 is 1.03 bits per heavy atom. The van der Waals surface area contributed by atoms with E-state index in [4.69, 9.17) is 16.3 Å². The molecule has 0 spiro atoms. The Hall–Kier alpha value is -2.42. The van der Waals surface area contributed by atoms with Crippen LogP contribution in [0.4, 0.5) is 0 Å². The van der Waals surface area contributed by atoms with Crippen molar-refractivity contribution in [1.29, 1.82) is 0 Å². The molecule has 2 aromatic rings. The number of hydrogen-bond donors (Lipinski definition) is 2.